The molecule has 1 heterocycles. The lowest BCUT2D eigenvalue weighted by Crippen LogP contribution is -2.58. The predicted molar refractivity (Wildman–Crippen MR) is 71.5 cm³/mol. The second-order valence-corrected chi connectivity index (χ2v) is 3.87. The van der Waals surface area contributed by atoms with Crippen molar-refractivity contribution in [3.8, 4) is 0 Å². The summed E-state index contributed by atoms with van der Waals surface area (Å²) < 4.78 is 21.4. The smallest absolute Gasteiger partial charge is 0.339 e. The number of carbonyl (C=O) groups is 3. The van der Waals surface area contributed by atoms with Crippen molar-refractivity contribution < 1.29 is 18.5 Å². The Kier molecular flexibility index (Phi) is 4.31. The quantitative estimate of drug-likeness (QED) is 0.452. The average Bonchev–Trinajstić information content (AvgIpc) is 2.45. The summed E-state index contributed by atoms with van der Waals surface area (Å²) in [6.45, 7) is -0.326. The Bertz CT molecular complexity index is 817. The lowest BCUT2D eigenvalue weighted by molar-refractivity contribution is -0.111. The molecule has 1 unspecified atom stereocenters. The van der Waals surface area contributed by atoms with E-state index < -0.39 is 55.7 Å². The van der Waals surface area contributed by atoms with Crippen molar-refractivity contribution in [3.05, 3.63) is 31.5 Å². The van der Waals surface area contributed by atoms with Crippen molar-refractivity contribution in [1.82, 2.24) is 29.7 Å². The molecule has 3 N–H and O–H groups in total. The minimum absolute atomic E-state index is 0.372. The number of aromatic nitrogens is 3. The van der Waals surface area contributed by atoms with Gasteiger partial charge >= 0.3 is 17.1 Å². The van der Waals surface area contributed by atoms with Gasteiger partial charge in [-0.05, 0) is 6.92 Å². The van der Waals surface area contributed by atoms with Gasteiger partial charge in [-0.15, -0.1) is 0 Å². The molecule has 22 heavy (non-hydrogen) atoms. The van der Waals surface area contributed by atoms with E-state index in [1.807, 2.05) is 16.0 Å². The molecule has 3 amide bonds. The third-order valence-electron chi connectivity index (χ3n) is 2.61. The lowest BCUT2D eigenvalue weighted by atomic mass is 10.5. The molecule has 0 fully saturated rings. The second kappa shape index (κ2) is 7.56. The summed E-state index contributed by atoms with van der Waals surface area (Å²) in [5.74, 6) is 0. The summed E-state index contributed by atoms with van der Waals surface area (Å²) in [5.41, 5.74) is -3.67. The third kappa shape index (κ3) is 3.28. The molecule has 1 aromatic heterocycles. The molecule has 0 aromatic carbocycles. The van der Waals surface area contributed by atoms with E-state index in [4.69, 9.17) is 4.11 Å². The van der Waals surface area contributed by atoms with Crippen LogP contribution in [0.3, 0.4) is 0 Å². The van der Waals surface area contributed by atoms with Crippen molar-refractivity contribution in [3.63, 3.8) is 0 Å². The number of hydrogen-bond donors (Lipinski definition) is 3. The molecule has 0 aliphatic heterocycles. The van der Waals surface area contributed by atoms with Crippen LogP contribution in [0.4, 0.5) is 0 Å². The monoisotopic (exact) mass is 320 g/mol. The third-order valence-corrected chi connectivity index (χ3v) is 2.61. The van der Waals surface area contributed by atoms with Crippen LogP contribution in [0, 0.1) is 0 Å². The first-order valence-electron chi connectivity index (χ1n) is 7.28. The number of carbonyl (C=O) groups excluding carboxylic acids is 3. The zero-order chi connectivity index (χ0) is 19.3. The Balaban J connectivity index is 3.58. The highest BCUT2D eigenvalue weighted by Crippen LogP contribution is 1.89. The minimum atomic E-state index is -1.33. The summed E-state index contributed by atoms with van der Waals surface area (Å²) in [7, 11) is 0. The van der Waals surface area contributed by atoms with Crippen LogP contribution < -0.4 is 33.0 Å². The van der Waals surface area contributed by atoms with Crippen molar-refractivity contribution in [2.24, 2.45) is 0 Å². The van der Waals surface area contributed by atoms with Crippen molar-refractivity contribution in [1.29, 1.82) is 0 Å². The largest absolute Gasteiger partial charge is 0.340 e. The van der Waals surface area contributed by atoms with E-state index in [2.05, 4.69) is 0 Å². The van der Waals surface area contributed by atoms with Gasteiger partial charge in [0.1, 0.15) is 23.6 Å². The maximum atomic E-state index is 12.3. The molecule has 0 aliphatic carbocycles. The van der Waals surface area contributed by atoms with E-state index >= 15 is 0 Å². The van der Waals surface area contributed by atoms with E-state index in [-0.39, 0.29) is 0 Å². The van der Waals surface area contributed by atoms with Crippen LogP contribution in [-0.2, 0) is 27.7 Å². The number of nitrogens with zero attached hydrogens (tertiary/aromatic N) is 3. The van der Waals surface area contributed by atoms with Gasteiger partial charge in [0.25, 0.3) is 0 Å². The Morgan fingerprint density at radius 1 is 0.955 bits per heavy atom. The van der Waals surface area contributed by atoms with Crippen molar-refractivity contribution >= 4 is 19.2 Å². The number of amides is 3. The summed E-state index contributed by atoms with van der Waals surface area (Å²) >= 11 is 0. The maximum absolute atomic E-state index is 12.3. The second-order valence-electron chi connectivity index (χ2n) is 3.87. The number of nitrogens with one attached hydrogen (secondary N) is 3. The van der Waals surface area contributed by atoms with Crippen molar-refractivity contribution in [2.45, 2.75) is 26.4 Å². The molecule has 12 heteroatoms. The topological polar surface area (TPSA) is 153 Å². The predicted octanol–water partition coefficient (Wildman–Crippen LogP) is -4.16. The van der Waals surface area contributed by atoms with Crippen LogP contribution in [0.5, 0.6) is 0 Å². The molecule has 1 atom stereocenters. The zero-order valence-electron chi connectivity index (χ0n) is 14.3. The molecule has 0 aliphatic rings. The van der Waals surface area contributed by atoms with Gasteiger partial charge in [-0.25, -0.2) is 28.1 Å². The number of rotatable bonds is 6. The van der Waals surface area contributed by atoms with Gasteiger partial charge in [-0.2, -0.15) is 0 Å². The first kappa shape index (κ1) is 12.6. The molecular weight excluding hydrogens is 300 g/mol. The summed E-state index contributed by atoms with van der Waals surface area (Å²) in [6.07, 6.45) is -5.24. The van der Waals surface area contributed by atoms with Gasteiger partial charge in [0.15, 0.2) is 0 Å². The van der Waals surface area contributed by atoms with Gasteiger partial charge in [0.2, 0.25) is 19.2 Å². The molecule has 12 nitrogen and oxygen atoms in total. The molecule has 1 rings (SSSR count). The van der Waals surface area contributed by atoms with Crippen LogP contribution in [0.25, 0.3) is 0 Å². The molecule has 1 aromatic rings. The summed E-state index contributed by atoms with van der Waals surface area (Å²) in [4.78, 5) is 69.0. The molecule has 0 saturated carbocycles. The van der Waals surface area contributed by atoms with Gasteiger partial charge in [0, 0.05) is 0 Å². The first-order chi connectivity index (χ1) is 11.6. The highest BCUT2D eigenvalue weighted by Gasteiger charge is 2.18. The average molecular weight is 320 g/mol. The SMILES string of the molecule is [3H]C(=O)NCn1c(=O)n(CNC([3H])=O)c(=O)n(C(C)NC([3H])=O)c1=O. The fourth-order valence-corrected chi connectivity index (χ4v) is 1.63. The Morgan fingerprint density at radius 3 is 1.77 bits per heavy atom. The van der Waals surface area contributed by atoms with Gasteiger partial charge < -0.3 is 16.0 Å². The highest BCUT2D eigenvalue weighted by atomic mass is 16.2. The van der Waals surface area contributed by atoms with E-state index in [9.17, 15) is 28.8 Å². The summed E-state index contributed by atoms with van der Waals surface area (Å²) in [6, 6.07) is 0. The zero-order valence-corrected chi connectivity index (χ0v) is 11.3. The van der Waals surface area contributed by atoms with E-state index in [1.54, 1.807) is 0 Å². The molecule has 0 radical (unpaired) electrons. The van der Waals surface area contributed by atoms with E-state index in [1.165, 1.54) is 6.92 Å². The van der Waals surface area contributed by atoms with E-state index in [0.717, 1.165) is 0 Å². The standard InChI is InChI=1S/C10H14N6O6/c1-7(13-6-19)16-9(21)14(2-11-4-17)8(20)15(10(16)22)3-12-5-18/h4-7H,2-3H2,1H3,(H,11,17)(H,12,18)(H,13,19)/i4T,5T,6T. The molecule has 0 saturated heterocycles. The molecule has 0 spiro atoms. The molecular formula is C10H14N6O6. The minimum Gasteiger partial charge on any atom is -0.340 e. The lowest BCUT2D eigenvalue weighted by Gasteiger charge is -2.17. The molecule has 120 valence electrons. The maximum Gasteiger partial charge on any atom is 0.339 e. The van der Waals surface area contributed by atoms with E-state index in [0.29, 0.717) is 13.7 Å². The van der Waals surface area contributed by atoms with Crippen LogP contribution in [0.2, 0.25) is 0 Å². The first-order valence-corrected chi connectivity index (χ1v) is 5.78. The fraction of sp³-hybridized carbons (Fsp3) is 0.400. The van der Waals surface area contributed by atoms with Gasteiger partial charge in [-0.1, -0.05) is 0 Å². The highest BCUT2D eigenvalue weighted by molar-refractivity contribution is 5.46. The van der Waals surface area contributed by atoms with Gasteiger partial charge in [-0.3, -0.25) is 14.4 Å². The van der Waals surface area contributed by atoms with Crippen LogP contribution in [-0.4, -0.2) is 32.9 Å². The summed E-state index contributed by atoms with van der Waals surface area (Å²) in [5, 5.41) is 5.71. The van der Waals surface area contributed by atoms with Crippen LogP contribution >= 0.6 is 0 Å². The Hall–Kier alpha value is -3.18. The van der Waals surface area contributed by atoms with Crippen molar-refractivity contribution in [2.75, 3.05) is 0 Å². The Labute approximate surface area is 126 Å². The normalized spacial score (nSPS) is 13.2. The Morgan fingerprint density at radius 2 is 1.41 bits per heavy atom. The molecule has 0 bridgehead atoms. The number of hydrogen-bond acceptors (Lipinski definition) is 6. The van der Waals surface area contributed by atoms with Gasteiger partial charge in [0.05, 0.1) is 0 Å². The van der Waals surface area contributed by atoms with Crippen LogP contribution in [0.15, 0.2) is 14.4 Å². The van der Waals surface area contributed by atoms with Crippen LogP contribution in [0.1, 0.15) is 17.2 Å². The fourth-order valence-electron chi connectivity index (χ4n) is 1.63.